The topological polar surface area (TPSA) is 249 Å². The summed E-state index contributed by atoms with van der Waals surface area (Å²) in [7, 11) is 0. The summed E-state index contributed by atoms with van der Waals surface area (Å²) in [4.78, 5) is 122. The van der Waals surface area contributed by atoms with E-state index in [1.165, 1.54) is 40.9 Å². The van der Waals surface area contributed by atoms with Crippen LogP contribution in [0.4, 0.5) is 0 Å². The number of phenolic OH excluding ortho intramolecular Hbond substituents is 1. The molecule has 6 saturated heterocycles. The summed E-state index contributed by atoms with van der Waals surface area (Å²) in [6.07, 6.45) is 0. The maximum atomic E-state index is 14.2. The van der Waals surface area contributed by atoms with Crippen LogP contribution in [0.2, 0.25) is 0 Å². The van der Waals surface area contributed by atoms with Crippen LogP contribution in [0.25, 0.3) is 0 Å². The number of β-lactam (4-membered cyclic amide) rings is 3. The Labute approximate surface area is 326 Å². The number of hydrogen-bond donors (Lipinski definition) is 3. The molecule has 294 valence electrons. The maximum absolute atomic E-state index is 14.2. The summed E-state index contributed by atoms with van der Waals surface area (Å²) in [6.45, 7) is 10.6. The van der Waals surface area contributed by atoms with Crippen molar-refractivity contribution in [2.24, 2.45) is 5.73 Å². The van der Waals surface area contributed by atoms with Crippen molar-refractivity contribution in [2.45, 2.75) is 115 Å². The average Bonchev–Trinajstić information content (AvgIpc) is 3.63. The van der Waals surface area contributed by atoms with Crippen LogP contribution in [0.15, 0.2) is 24.3 Å². The number of carbonyl (C=O) groups is 9. The van der Waals surface area contributed by atoms with Crippen molar-refractivity contribution in [1.29, 1.82) is 0 Å². The first-order chi connectivity index (χ1) is 25.4. The number of thioether (sulfide) groups is 3. The van der Waals surface area contributed by atoms with Gasteiger partial charge in [-0.1, -0.05) is 12.1 Å². The first-order valence-corrected chi connectivity index (χ1v) is 19.7. The van der Waals surface area contributed by atoms with Crippen LogP contribution in [0.5, 0.6) is 5.75 Å². The number of carbonyl (C=O) groups excluding carboxylic acids is 9. The fourth-order valence-corrected chi connectivity index (χ4v) is 12.2. The standard InChI is InChI=1S/C34H37N5O13S3/c1-31(2)18(37-22(44)15(25(37)53-31)36-21(43)14(35)12-8-10-13(40)11-9-12)28(47)50-34(7,51-29(48)19-32(3,4)54-26-16(41)23(45)38(19)26)52-30(49)20-33(5,6)55-27-17(42)24(46)39(20)27/h8-11,14-15,18-20,25-27,40H,35H2,1-7H3,(H,36,43)/t14?,15?,18-,19-,20-,25+,26+,27+/m0/s1. The molecule has 21 heteroatoms. The third kappa shape index (κ3) is 5.95. The number of hydrogen-bond acceptors (Lipinski definition) is 17. The zero-order chi connectivity index (χ0) is 40.5. The molecule has 7 rings (SSSR count). The lowest BCUT2D eigenvalue weighted by Gasteiger charge is -2.44. The van der Waals surface area contributed by atoms with Crippen molar-refractivity contribution in [3.8, 4) is 5.75 Å². The van der Waals surface area contributed by atoms with Gasteiger partial charge in [-0.05, 0) is 59.2 Å². The van der Waals surface area contributed by atoms with Crippen molar-refractivity contribution in [3.05, 3.63) is 29.8 Å². The fourth-order valence-electron chi connectivity index (χ4n) is 7.67. The Kier molecular flexibility index (Phi) is 8.90. The van der Waals surface area contributed by atoms with Gasteiger partial charge in [-0.2, -0.15) is 0 Å². The molecule has 1 aromatic carbocycles. The normalized spacial score (nSPS) is 31.3. The van der Waals surface area contributed by atoms with E-state index >= 15 is 0 Å². The average molecular weight is 820 g/mol. The Hall–Kier alpha value is -4.34. The van der Waals surface area contributed by atoms with Crippen LogP contribution in [-0.2, 0) is 57.4 Å². The molecule has 6 fully saturated rings. The number of Topliss-reactive ketones (excluding diaryl/α,β-unsaturated/α-hetero) is 2. The number of amides is 4. The van der Waals surface area contributed by atoms with Gasteiger partial charge in [-0.15, -0.1) is 35.3 Å². The number of rotatable bonds is 9. The number of nitrogens with one attached hydrogen (secondary N) is 1. The van der Waals surface area contributed by atoms with Crippen LogP contribution in [-0.4, -0.2) is 133 Å². The van der Waals surface area contributed by atoms with Gasteiger partial charge in [0.25, 0.3) is 23.4 Å². The highest BCUT2D eigenvalue weighted by Crippen LogP contribution is 2.53. The minimum atomic E-state index is -2.87. The van der Waals surface area contributed by atoms with E-state index in [0.29, 0.717) is 5.56 Å². The first-order valence-electron chi connectivity index (χ1n) is 17.0. The molecule has 8 atom stereocenters. The summed E-state index contributed by atoms with van der Waals surface area (Å²) in [5.74, 6) is -11.0. The van der Waals surface area contributed by atoms with Crippen molar-refractivity contribution in [2.75, 3.05) is 0 Å². The molecule has 4 N–H and O–H groups in total. The summed E-state index contributed by atoms with van der Waals surface area (Å²) in [5, 5.41) is 9.53. The number of nitrogens with zero attached hydrogens (tertiary/aromatic N) is 3. The summed E-state index contributed by atoms with van der Waals surface area (Å²) in [5.41, 5.74) is 6.48. The van der Waals surface area contributed by atoms with Gasteiger partial charge in [-0.3, -0.25) is 28.8 Å². The second kappa shape index (κ2) is 12.6. The third-order valence-corrected chi connectivity index (χ3v) is 14.9. The number of aromatic hydroxyl groups is 1. The fraction of sp³-hybridized carbons (Fsp3) is 0.559. The van der Waals surface area contributed by atoms with E-state index in [0.717, 1.165) is 40.2 Å². The van der Waals surface area contributed by atoms with Crippen molar-refractivity contribution in [1.82, 2.24) is 20.0 Å². The second-order valence-electron chi connectivity index (χ2n) is 15.5. The number of esters is 3. The zero-order valence-electron chi connectivity index (χ0n) is 30.4. The highest BCUT2D eigenvalue weighted by atomic mass is 32.2. The molecular formula is C34H37N5O13S3. The number of ether oxygens (including phenoxy) is 3. The molecule has 0 radical (unpaired) electrons. The molecule has 0 aliphatic carbocycles. The molecule has 0 bridgehead atoms. The smallest absolute Gasteiger partial charge is 0.420 e. The van der Waals surface area contributed by atoms with Gasteiger partial charge in [0.15, 0.2) is 0 Å². The van der Waals surface area contributed by atoms with E-state index in [-0.39, 0.29) is 5.75 Å². The van der Waals surface area contributed by atoms with Gasteiger partial charge in [0.05, 0.1) is 6.92 Å². The van der Waals surface area contributed by atoms with Gasteiger partial charge in [-0.25, -0.2) is 14.4 Å². The summed E-state index contributed by atoms with van der Waals surface area (Å²) >= 11 is 3.27. The molecule has 55 heavy (non-hydrogen) atoms. The highest BCUT2D eigenvalue weighted by molar-refractivity contribution is 8.03. The van der Waals surface area contributed by atoms with Crippen LogP contribution < -0.4 is 11.1 Å². The number of phenols is 1. The molecule has 4 amide bonds. The Bertz CT molecular complexity index is 1920. The Morgan fingerprint density at radius 3 is 1.56 bits per heavy atom. The van der Waals surface area contributed by atoms with Crippen LogP contribution >= 0.6 is 35.3 Å². The SMILES string of the molecule is CC(OC(=O)[C@@H]1N2C(=O)C(=O)[C@H]2SC1(C)C)(OC(=O)[C@@H]1N2C(=O)C(=O)[C@H]2SC1(C)C)OC(=O)[C@@H]1N2C(=O)C(NC(=O)C(N)c3ccc(O)cc3)[C@H]2SC1(C)C. The molecule has 0 aromatic heterocycles. The molecular weight excluding hydrogens is 783 g/mol. The van der Waals surface area contributed by atoms with E-state index in [1.807, 2.05) is 0 Å². The second-order valence-corrected chi connectivity index (χ2v) is 20.8. The lowest BCUT2D eigenvalue weighted by molar-refractivity contribution is -0.325. The van der Waals surface area contributed by atoms with Crippen LogP contribution in [0.3, 0.4) is 0 Å². The van der Waals surface area contributed by atoms with Gasteiger partial charge < -0.3 is 45.1 Å². The van der Waals surface area contributed by atoms with Gasteiger partial charge >= 0.3 is 23.9 Å². The van der Waals surface area contributed by atoms with Gasteiger partial charge in [0, 0.05) is 14.2 Å². The Morgan fingerprint density at radius 2 is 1.13 bits per heavy atom. The predicted octanol–water partition coefficient (Wildman–Crippen LogP) is -0.495. The molecule has 6 aliphatic heterocycles. The predicted molar refractivity (Wildman–Crippen MR) is 192 cm³/mol. The van der Waals surface area contributed by atoms with Gasteiger partial charge in [0.1, 0.15) is 52.1 Å². The summed E-state index contributed by atoms with van der Waals surface area (Å²) < 4.78 is 13.8. The molecule has 18 nitrogen and oxygen atoms in total. The van der Waals surface area contributed by atoms with E-state index in [9.17, 15) is 48.3 Å². The quantitative estimate of drug-likeness (QED) is 0.123. The Balaban J connectivity index is 1.13. The number of ketones is 2. The molecule has 0 spiro atoms. The first kappa shape index (κ1) is 38.9. The maximum Gasteiger partial charge on any atom is 0.420 e. The van der Waals surface area contributed by atoms with Crippen LogP contribution in [0, 0.1) is 0 Å². The molecule has 2 unspecified atom stereocenters. The largest absolute Gasteiger partial charge is 0.508 e. The van der Waals surface area contributed by atoms with Crippen molar-refractivity contribution >= 4 is 88.4 Å². The minimum absolute atomic E-state index is 0.0280. The van der Waals surface area contributed by atoms with E-state index < -0.39 is 120 Å². The number of fused-ring (bicyclic) bond motifs is 3. The van der Waals surface area contributed by atoms with E-state index in [1.54, 1.807) is 41.5 Å². The molecule has 1 aromatic rings. The lowest BCUT2D eigenvalue weighted by Crippen LogP contribution is -2.71. The monoisotopic (exact) mass is 819 g/mol. The minimum Gasteiger partial charge on any atom is -0.508 e. The zero-order valence-corrected chi connectivity index (χ0v) is 32.9. The van der Waals surface area contributed by atoms with Gasteiger partial charge in [0.2, 0.25) is 11.8 Å². The van der Waals surface area contributed by atoms with Crippen LogP contribution in [0.1, 0.15) is 60.1 Å². The Morgan fingerprint density at radius 1 is 0.727 bits per heavy atom. The summed E-state index contributed by atoms with van der Waals surface area (Å²) in [6, 6.07) is -0.753. The third-order valence-electron chi connectivity index (χ3n) is 10.3. The number of nitrogens with two attached hydrogens (primary N) is 1. The highest BCUT2D eigenvalue weighted by Gasteiger charge is 2.68. The van der Waals surface area contributed by atoms with E-state index in [4.69, 9.17) is 19.9 Å². The van der Waals surface area contributed by atoms with Crippen molar-refractivity contribution in [3.63, 3.8) is 0 Å². The molecule has 6 aliphatic rings. The van der Waals surface area contributed by atoms with Crippen molar-refractivity contribution < 1.29 is 62.5 Å². The molecule has 6 heterocycles. The van der Waals surface area contributed by atoms with E-state index in [2.05, 4.69) is 5.32 Å². The lowest BCUT2D eigenvalue weighted by atomic mass is 9.95. The molecule has 0 saturated carbocycles. The number of benzene rings is 1.